The van der Waals surface area contributed by atoms with Crippen molar-refractivity contribution in [3.05, 3.63) is 0 Å². The minimum atomic E-state index is -0.00752. The first-order valence-corrected chi connectivity index (χ1v) is 3.57. The van der Waals surface area contributed by atoms with Crippen molar-refractivity contribution in [1.29, 1.82) is 0 Å². The van der Waals surface area contributed by atoms with Crippen LogP contribution in [0.1, 0.15) is 12.8 Å². The van der Waals surface area contributed by atoms with E-state index in [1.54, 1.807) is 0 Å². The van der Waals surface area contributed by atoms with Gasteiger partial charge in [-0.15, -0.1) is 9.24 Å². The first-order valence-electron chi connectivity index (χ1n) is 2.91. The second-order valence-electron chi connectivity index (χ2n) is 2.73. The number of hydrogen-bond acceptors (Lipinski definition) is 2. The van der Waals surface area contributed by atoms with Crippen molar-refractivity contribution in [3.63, 3.8) is 0 Å². The fraction of sp³-hybridized carbons (Fsp3) is 1.00. The lowest BCUT2D eigenvalue weighted by atomic mass is 9.77. The van der Waals surface area contributed by atoms with Gasteiger partial charge in [-0.1, -0.05) is 0 Å². The van der Waals surface area contributed by atoms with E-state index >= 15 is 0 Å². The van der Waals surface area contributed by atoms with Gasteiger partial charge in [-0.25, -0.2) is 0 Å². The highest BCUT2D eigenvalue weighted by Crippen LogP contribution is 2.34. The van der Waals surface area contributed by atoms with Gasteiger partial charge < -0.3 is 11.5 Å². The van der Waals surface area contributed by atoms with Crippen molar-refractivity contribution < 1.29 is 0 Å². The van der Waals surface area contributed by atoms with E-state index in [-0.39, 0.29) is 5.54 Å². The van der Waals surface area contributed by atoms with Crippen molar-refractivity contribution in [2.75, 3.05) is 6.54 Å². The summed E-state index contributed by atoms with van der Waals surface area (Å²) in [6.45, 7) is 0.637. The topological polar surface area (TPSA) is 52.0 Å². The van der Waals surface area contributed by atoms with Gasteiger partial charge in [0, 0.05) is 12.1 Å². The summed E-state index contributed by atoms with van der Waals surface area (Å²) >= 11 is 0. The van der Waals surface area contributed by atoms with E-state index in [4.69, 9.17) is 11.5 Å². The summed E-state index contributed by atoms with van der Waals surface area (Å²) in [5.41, 5.74) is 11.9. The zero-order valence-electron chi connectivity index (χ0n) is 4.93. The van der Waals surface area contributed by atoms with Crippen molar-refractivity contribution >= 4 is 9.24 Å². The average molecular weight is 132 g/mol. The molecule has 0 spiro atoms. The molecule has 1 aliphatic carbocycles. The Kier molecular flexibility index (Phi) is 1.57. The van der Waals surface area contributed by atoms with Crippen molar-refractivity contribution in [2.45, 2.75) is 24.0 Å². The first-order chi connectivity index (χ1) is 3.66. The molecule has 0 amide bonds. The summed E-state index contributed by atoms with van der Waals surface area (Å²) in [5, 5.41) is 0. The third-order valence-corrected chi connectivity index (χ3v) is 2.22. The van der Waals surface area contributed by atoms with Gasteiger partial charge >= 0.3 is 0 Å². The maximum atomic E-state index is 5.75. The molecule has 0 radical (unpaired) electrons. The predicted molar refractivity (Wildman–Crippen MR) is 38.7 cm³/mol. The molecule has 1 saturated carbocycles. The van der Waals surface area contributed by atoms with Crippen LogP contribution < -0.4 is 11.5 Å². The molecule has 0 aromatic heterocycles. The van der Waals surface area contributed by atoms with Crippen LogP contribution in [0.15, 0.2) is 0 Å². The van der Waals surface area contributed by atoms with Crippen LogP contribution in [0.4, 0.5) is 0 Å². The summed E-state index contributed by atoms with van der Waals surface area (Å²) in [5.74, 6) is 0. The molecule has 0 aromatic carbocycles. The molecule has 1 aliphatic rings. The van der Waals surface area contributed by atoms with Crippen molar-refractivity contribution in [3.8, 4) is 0 Å². The van der Waals surface area contributed by atoms with E-state index in [1.807, 2.05) is 0 Å². The lowest BCUT2D eigenvalue weighted by Gasteiger charge is -2.42. The van der Waals surface area contributed by atoms with Gasteiger partial charge in [-0.3, -0.25) is 0 Å². The highest BCUT2D eigenvalue weighted by molar-refractivity contribution is 7.17. The van der Waals surface area contributed by atoms with Crippen LogP contribution >= 0.6 is 9.24 Å². The third kappa shape index (κ3) is 1.02. The Hall–Kier alpha value is 0.350. The molecule has 4 N–H and O–H groups in total. The number of hydrogen-bond donors (Lipinski definition) is 2. The van der Waals surface area contributed by atoms with E-state index in [1.165, 1.54) is 0 Å². The fourth-order valence-corrected chi connectivity index (χ4v) is 2.09. The van der Waals surface area contributed by atoms with Gasteiger partial charge in [0.25, 0.3) is 0 Å². The van der Waals surface area contributed by atoms with Gasteiger partial charge in [0.1, 0.15) is 0 Å². The minimum absolute atomic E-state index is 0.00752. The lowest BCUT2D eigenvalue weighted by Crippen LogP contribution is -2.57. The summed E-state index contributed by atoms with van der Waals surface area (Å²) in [6.07, 6.45) is 2.16. The van der Waals surface area contributed by atoms with Gasteiger partial charge in [-0.2, -0.15) is 0 Å². The monoisotopic (exact) mass is 132 g/mol. The molecular weight excluding hydrogens is 119 g/mol. The molecule has 0 saturated heterocycles. The zero-order chi connectivity index (χ0) is 6.20. The van der Waals surface area contributed by atoms with Crippen LogP contribution in [-0.4, -0.2) is 17.7 Å². The Morgan fingerprint density at radius 3 is 2.25 bits per heavy atom. The smallest absolute Gasteiger partial charge is 0.0290 e. The van der Waals surface area contributed by atoms with E-state index in [9.17, 15) is 0 Å². The molecule has 1 atom stereocenters. The molecular formula is C5H13N2P. The van der Waals surface area contributed by atoms with Gasteiger partial charge in [-0.05, 0) is 18.5 Å². The molecule has 1 fully saturated rings. The van der Waals surface area contributed by atoms with E-state index in [0.29, 0.717) is 6.54 Å². The summed E-state index contributed by atoms with van der Waals surface area (Å²) < 4.78 is 0. The number of rotatable bonds is 1. The fourth-order valence-electron chi connectivity index (χ4n) is 1.15. The van der Waals surface area contributed by atoms with Gasteiger partial charge in [0.15, 0.2) is 0 Å². The van der Waals surface area contributed by atoms with Crippen LogP contribution in [-0.2, 0) is 0 Å². The highest BCUT2D eigenvalue weighted by Gasteiger charge is 2.36. The summed E-state index contributed by atoms with van der Waals surface area (Å²) in [7, 11) is 2.76. The quantitative estimate of drug-likeness (QED) is 0.480. The highest BCUT2D eigenvalue weighted by atomic mass is 31.0. The van der Waals surface area contributed by atoms with Gasteiger partial charge in [0.05, 0.1) is 0 Å². The average Bonchev–Trinajstić information content (AvgIpc) is 1.63. The molecule has 1 unspecified atom stereocenters. The summed E-state index contributed by atoms with van der Waals surface area (Å²) in [4.78, 5) is 0. The molecule has 0 bridgehead atoms. The van der Waals surface area contributed by atoms with Crippen LogP contribution in [0.3, 0.4) is 0 Å². The molecule has 1 rings (SSSR count). The Bertz CT molecular complexity index is 88.4. The summed E-state index contributed by atoms with van der Waals surface area (Å²) in [6, 6.07) is 0. The normalized spacial score (nSPS) is 46.1. The maximum Gasteiger partial charge on any atom is 0.0290 e. The van der Waals surface area contributed by atoms with Crippen LogP contribution in [0.2, 0.25) is 0 Å². The predicted octanol–water partition coefficient (Wildman–Crippen LogP) is -0.320. The van der Waals surface area contributed by atoms with Gasteiger partial charge in [0.2, 0.25) is 0 Å². The Morgan fingerprint density at radius 1 is 1.62 bits per heavy atom. The second-order valence-corrected chi connectivity index (χ2v) is 3.68. The zero-order valence-corrected chi connectivity index (χ0v) is 6.09. The second kappa shape index (κ2) is 1.94. The molecule has 8 heavy (non-hydrogen) atoms. The maximum absolute atomic E-state index is 5.75. The third-order valence-electron chi connectivity index (χ3n) is 1.74. The Morgan fingerprint density at radius 2 is 2.12 bits per heavy atom. The SMILES string of the molecule is NCC1(N)CC(P)C1. The molecule has 0 heterocycles. The van der Waals surface area contributed by atoms with Crippen LogP contribution in [0.5, 0.6) is 0 Å². The number of nitrogens with two attached hydrogens (primary N) is 2. The molecule has 48 valence electrons. The largest absolute Gasteiger partial charge is 0.329 e. The molecule has 0 aliphatic heterocycles. The van der Waals surface area contributed by atoms with E-state index in [0.717, 1.165) is 18.5 Å². The lowest BCUT2D eigenvalue weighted by molar-refractivity contribution is 0.269. The van der Waals surface area contributed by atoms with E-state index in [2.05, 4.69) is 9.24 Å². The van der Waals surface area contributed by atoms with Crippen LogP contribution in [0, 0.1) is 0 Å². The van der Waals surface area contributed by atoms with Crippen molar-refractivity contribution in [2.24, 2.45) is 11.5 Å². The Labute approximate surface area is 52.2 Å². The first kappa shape index (κ1) is 6.47. The minimum Gasteiger partial charge on any atom is -0.329 e. The molecule has 3 heteroatoms. The van der Waals surface area contributed by atoms with E-state index < -0.39 is 0 Å². The van der Waals surface area contributed by atoms with Crippen LogP contribution in [0.25, 0.3) is 0 Å². The molecule has 0 aromatic rings. The van der Waals surface area contributed by atoms with Crippen molar-refractivity contribution in [1.82, 2.24) is 0 Å². The Balaban J connectivity index is 2.30. The molecule has 2 nitrogen and oxygen atoms in total. The standard InChI is InChI=1S/C5H13N2P/c6-3-5(7)1-4(8)2-5/h4H,1-3,6-8H2.